The number of para-hydroxylation sites is 1. The van der Waals surface area contributed by atoms with Gasteiger partial charge in [0.05, 0.1) is 5.69 Å². The van der Waals surface area contributed by atoms with Crippen LogP contribution in [0.3, 0.4) is 0 Å². The summed E-state index contributed by atoms with van der Waals surface area (Å²) in [6.45, 7) is 6.33. The fraction of sp³-hybridized carbons (Fsp3) is 0.370. The molecule has 1 fully saturated rings. The fourth-order valence-electron chi connectivity index (χ4n) is 5.47. The van der Waals surface area contributed by atoms with E-state index in [4.69, 9.17) is 11.6 Å². The van der Waals surface area contributed by atoms with Gasteiger partial charge in [0.25, 0.3) is 5.91 Å². The number of nitrogens with zero attached hydrogens (tertiary/aromatic N) is 2. The number of halogens is 1. The number of hydrogen-bond acceptors (Lipinski definition) is 3. The van der Waals surface area contributed by atoms with Gasteiger partial charge in [0.15, 0.2) is 5.54 Å². The molecule has 0 spiro atoms. The third kappa shape index (κ3) is 3.69. The van der Waals surface area contributed by atoms with E-state index in [9.17, 15) is 14.4 Å². The number of benzene rings is 2. The van der Waals surface area contributed by atoms with Crippen molar-refractivity contribution in [2.45, 2.75) is 45.2 Å². The van der Waals surface area contributed by atoms with Crippen LogP contribution >= 0.6 is 11.6 Å². The van der Waals surface area contributed by atoms with Crippen LogP contribution in [0.25, 0.3) is 10.9 Å². The van der Waals surface area contributed by atoms with Gasteiger partial charge in [-0.3, -0.25) is 9.59 Å². The number of aromatic nitrogens is 1. The summed E-state index contributed by atoms with van der Waals surface area (Å²) in [5, 5.41) is 4.67. The van der Waals surface area contributed by atoms with Crippen LogP contribution in [0.4, 0.5) is 4.79 Å². The molecule has 0 aliphatic carbocycles. The minimum atomic E-state index is -1.17. The van der Waals surface area contributed by atoms with Gasteiger partial charge in [-0.05, 0) is 55.0 Å². The van der Waals surface area contributed by atoms with Crippen molar-refractivity contribution in [3.63, 3.8) is 0 Å². The fourth-order valence-corrected chi connectivity index (χ4v) is 5.59. The van der Waals surface area contributed by atoms with Crippen LogP contribution in [0.15, 0.2) is 48.5 Å². The molecule has 5 rings (SSSR count). The number of carbonyl (C=O) groups excluding carboxylic acids is 3. The van der Waals surface area contributed by atoms with Gasteiger partial charge in [-0.25, -0.2) is 9.69 Å². The average Bonchev–Trinajstić information content (AvgIpc) is 3.30. The van der Waals surface area contributed by atoms with Crippen molar-refractivity contribution in [2.75, 3.05) is 13.1 Å². The van der Waals surface area contributed by atoms with E-state index in [1.165, 1.54) is 4.90 Å². The molecule has 4 amide bonds. The van der Waals surface area contributed by atoms with Gasteiger partial charge in [-0.2, -0.15) is 0 Å². The Morgan fingerprint density at radius 3 is 2.57 bits per heavy atom. The lowest BCUT2D eigenvalue weighted by Gasteiger charge is -2.36. The highest BCUT2D eigenvalue weighted by Gasteiger charge is 2.61. The maximum absolute atomic E-state index is 13.9. The first-order chi connectivity index (χ1) is 16.7. The average molecular weight is 493 g/mol. The Labute approximate surface area is 209 Å². The number of urea groups is 1. The number of imide groups is 1. The van der Waals surface area contributed by atoms with Crippen LogP contribution in [0.2, 0.25) is 5.02 Å². The van der Waals surface area contributed by atoms with Crippen molar-refractivity contribution in [1.29, 1.82) is 0 Å². The number of fused-ring (bicyclic) bond motifs is 5. The Balaban J connectivity index is 1.41. The topological polar surface area (TPSA) is 85.5 Å². The first-order valence-electron chi connectivity index (χ1n) is 12.0. The number of aromatic amines is 1. The van der Waals surface area contributed by atoms with E-state index in [0.29, 0.717) is 31.0 Å². The van der Waals surface area contributed by atoms with E-state index in [0.717, 1.165) is 27.7 Å². The standard InChI is InChI=1S/C27H29ClN4O3/c1-16(2)22(24(33)29-14-12-17-8-10-18(28)11-9-17)32-25(34)27(3)23-20(13-15-31(27)26(32)35)19-6-4-5-7-21(19)30-23/h4-11,16,22,30H,12-15H2,1-3H3,(H,29,33)/t22-,27-/m0/s1. The molecule has 8 heteroatoms. The van der Waals surface area contributed by atoms with Gasteiger partial charge in [-0.15, -0.1) is 0 Å². The van der Waals surface area contributed by atoms with Crippen molar-refractivity contribution < 1.29 is 14.4 Å². The SMILES string of the molecule is CC(C)[C@@H](C(=O)NCCc1ccc(Cl)cc1)N1C(=O)N2CCc3c([nH]c4ccccc34)[C@@]2(C)C1=O. The molecule has 3 heterocycles. The first kappa shape index (κ1) is 23.4. The molecule has 2 aliphatic heterocycles. The third-order valence-electron chi connectivity index (χ3n) is 7.30. The van der Waals surface area contributed by atoms with Crippen molar-refractivity contribution in [2.24, 2.45) is 5.92 Å². The summed E-state index contributed by atoms with van der Waals surface area (Å²) in [5.41, 5.74) is 2.63. The van der Waals surface area contributed by atoms with E-state index in [-0.39, 0.29) is 17.7 Å². The highest BCUT2D eigenvalue weighted by Crippen LogP contribution is 2.45. The van der Waals surface area contributed by atoms with Crippen LogP contribution in [-0.2, 0) is 28.0 Å². The van der Waals surface area contributed by atoms with Crippen molar-refractivity contribution in [3.05, 3.63) is 70.4 Å². The summed E-state index contributed by atoms with van der Waals surface area (Å²) in [5.74, 6) is -0.928. The molecule has 7 nitrogen and oxygen atoms in total. The molecule has 2 aliphatic rings. The predicted molar refractivity (Wildman–Crippen MR) is 135 cm³/mol. The zero-order chi connectivity index (χ0) is 24.9. The predicted octanol–water partition coefficient (Wildman–Crippen LogP) is 4.24. The maximum Gasteiger partial charge on any atom is 0.328 e. The molecule has 1 saturated heterocycles. The molecular formula is C27H29ClN4O3. The lowest BCUT2D eigenvalue weighted by Crippen LogP contribution is -2.53. The number of H-pyrrole nitrogens is 1. The highest BCUT2D eigenvalue weighted by atomic mass is 35.5. The van der Waals surface area contributed by atoms with Crippen LogP contribution in [0.5, 0.6) is 0 Å². The third-order valence-corrected chi connectivity index (χ3v) is 7.55. The van der Waals surface area contributed by atoms with E-state index in [2.05, 4.69) is 10.3 Å². The van der Waals surface area contributed by atoms with Gasteiger partial charge in [-0.1, -0.05) is 55.8 Å². The minimum absolute atomic E-state index is 0.245. The summed E-state index contributed by atoms with van der Waals surface area (Å²) in [7, 11) is 0. The van der Waals surface area contributed by atoms with Gasteiger partial charge in [0, 0.05) is 29.0 Å². The Hall–Kier alpha value is -3.32. The summed E-state index contributed by atoms with van der Waals surface area (Å²) in [6, 6.07) is 14.1. The molecule has 182 valence electrons. The molecule has 0 bridgehead atoms. The summed E-state index contributed by atoms with van der Waals surface area (Å²) < 4.78 is 0. The van der Waals surface area contributed by atoms with E-state index < -0.39 is 17.6 Å². The van der Waals surface area contributed by atoms with Crippen molar-refractivity contribution >= 4 is 40.3 Å². The highest BCUT2D eigenvalue weighted by molar-refractivity contribution is 6.30. The molecular weight excluding hydrogens is 464 g/mol. The summed E-state index contributed by atoms with van der Waals surface area (Å²) in [4.78, 5) is 47.0. The van der Waals surface area contributed by atoms with Gasteiger partial charge in [0.2, 0.25) is 5.91 Å². The molecule has 35 heavy (non-hydrogen) atoms. The molecule has 2 aromatic carbocycles. The molecule has 1 aromatic heterocycles. The number of nitrogens with one attached hydrogen (secondary N) is 2. The number of carbonyl (C=O) groups is 3. The van der Waals surface area contributed by atoms with Crippen LogP contribution in [0, 0.1) is 5.92 Å². The van der Waals surface area contributed by atoms with Gasteiger partial charge in [0.1, 0.15) is 6.04 Å². The second kappa shape index (κ2) is 8.72. The number of hydrogen-bond donors (Lipinski definition) is 2. The monoisotopic (exact) mass is 492 g/mol. The lowest BCUT2D eigenvalue weighted by atomic mass is 9.86. The number of rotatable bonds is 6. The quantitative estimate of drug-likeness (QED) is 0.505. The van der Waals surface area contributed by atoms with Crippen molar-refractivity contribution in [1.82, 2.24) is 20.1 Å². The second-order valence-corrected chi connectivity index (χ2v) is 10.2. The Kier molecular flexibility index (Phi) is 5.83. The molecule has 2 N–H and O–H groups in total. The van der Waals surface area contributed by atoms with Gasteiger partial charge < -0.3 is 15.2 Å². The second-order valence-electron chi connectivity index (χ2n) is 9.81. The van der Waals surface area contributed by atoms with E-state index >= 15 is 0 Å². The normalized spacial score (nSPS) is 20.4. The summed E-state index contributed by atoms with van der Waals surface area (Å²) in [6.07, 6.45) is 1.28. The Morgan fingerprint density at radius 2 is 1.86 bits per heavy atom. The summed E-state index contributed by atoms with van der Waals surface area (Å²) >= 11 is 5.94. The minimum Gasteiger partial charge on any atom is -0.356 e. The Morgan fingerprint density at radius 1 is 1.14 bits per heavy atom. The van der Waals surface area contributed by atoms with Crippen LogP contribution < -0.4 is 5.32 Å². The van der Waals surface area contributed by atoms with E-state index in [1.807, 2.05) is 62.4 Å². The van der Waals surface area contributed by atoms with E-state index in [1.54, 1.807) is 11.8 Å². The largest absolute Gasteiger partial charge is 0.356 e. The molecule has 0 radical (unpaired) electrons. The number of amides is 4. The van der Waals surface area contributed by atoms with Crippen molar-refractivity contribution in [3.8, 4) is 0 Å². The Bertz CT molecular complexity index is 1320. The maximum atomic E-state index is 13.9. The van der Waals surface area contributed by atoms with Crippen LogP contribution in [0.1, 0.15) is 37.6 Å². The van der Waals surface area contributed by atoms with Gasteiger partial charge >= 0.3 is 6.03 Å². The zero-order valence-electron chi connectivity index (χ0n) is 20.1. The zero-order valence-corrected chi connectivity index (χ0v) is 20.9. The first-order valence-corrected chi connectivity index (χ1v) is 12.4. The molecule has 2 atom stereocenters. The lowest BCUT2D eigenvalue weighted by molar-refractivity contribution is -0.140. The molecule has 0 unspecified atom stereocenters. The van der Waals surface area contributed by atoms with Crippen LogP contribution in [-0.4, -0.2) is 51.8 Å². The molecule has 0 saturated carbocycles. The molecule has 3 aromatic rings. The smallest absolute Gasteiger partial charge is 0.328 e.